The SMILES string of the molecule is O=C(Nc1ccc(O)cc1)Nc1cc(OCCN2CCOCC2)nc(N2CCOCC2)n1. The molecule has 1 aromatic carbocycles. The predicted molar refractivity (Wildman–Crippen MR) is 119 cm³/mol. The Hall–Kier alpha value is -3.15. The highest BCUT2D eigenvalue weighted by molar-refractivity contribution is 5.99. The smallest absolute Gasteiger partial charge is 0.324 e. The number of aromatic hydroxyl groups is 1. The summed E-state index contributed by atoms with van der Waals surface area (Å²) in [5.74, 6) is 1.34. The molecule has 3 N–H and O–H groups in total. The van der Waals surface area contributed by atoms with E-state index in [4.69, 9.17) is 14.2 Å². The molecule has 0 aliphatic carbocycles. The number of phenols is 1. The van der Waals surface area contributed by atoms with E-state index in [1.54, 1.807) is 18.2 Å². The van der Waals surface area contributed by atoms with Crippen LogP contribution >= 0.6 is 0 Å². The van der Waals surface area contributed by atoms with Crippen molar-refractivity contribution in [2.24, 2.45) is 0 Å². The van der Waals surface area contributed by atoms with Crippen LogP contribution < -0.4 is 20.3 Å². The molecule has 0 atom stereocenters. The van der Waals surface area contributed by atoms with Crippen LogP contribution in [0.25, 0.3) is 0 Å². The van der Waals surface area contributed by atoms with Crippen LogP contribution in [0.15, 0.2) is 30.3 Å². The second-order valence-corrected chi connectivity index (χ2v) is 7.42. The maximum absolute atomic E-state index is 12.4. The van der Waals surface area contributed by atoms with E-state index in [0.717, 1.165) is 32.8 Å². The normalized spacial score (nSPS) is 17.1. The summed E-state index contributed by atoms with van der Waals surface area (Å²) in [6, 6.07) is 7.36. The van der Waals surface area contributed by atoms with Crippen LogP contribution in [0.4, 0.5) is 22.2 Å². The Kier molecular flexibility index (Phi) is 7.54. The molecule has 0 unspecified atom stereocenters. The van der Waals surface area contributed by atoms with Crippen molar-refractivity contribution in [2.45, 2.75) is 0 Å². The molecule has 0 saturated carbocycles. The second-order valence-electron chi connectivity index (χ2n) is 7.42. The van der Waals surface area contributed by atoms with E-state index in [0.29, 0.717) is 56.2 Å². The average Bonchev–Trinajstić information content (AvgIpc) is 2.82. The summed E-state index contributed by atoms with van der Waals surface area (Å²) >= 11 is 0. The van der Waals surface area contributed by atoms with Gasteiger partial charge in [0.1, 0.15) is 18.2 Å². The zero-order valence-electron chi connectivity index (χ0n) is 17.8. The van der Waals surface area contributed by atoms with Crippen molar-refractivity contribution in [3.8, 4) is 11.6 Å². The number of amides is 2. The molecule has 32 heavy (non-hydrogen) atoms. The quantitative estimate of drug-likeness (QED) is 0.544. The highest BCUT2D eigenvalue weighted by atomic mass is 16.5. The number of anilines is 3. The summed E-state index contributed by atoms with van der Waals surface area (Å²) in [5.41, 5.74) is 0.546. The zero-order valence-corrected chi connectivity index (χ0v) is 17.8. The van der Waals surface area contributed by atoms with Crippen molar-refractivity contribution >= 4 is 23.5 Å². The Balaban J connectivity index is 1.42. The lowest BCUT2D eigenvalue weighted by atomic mass is 10.3. The van der Waals surface area contributed by atoms with Gasteiger partial charge >= 0.3 is 6.03 Å². The fourth-order valence-corrected chi connectivity index (χ4v) is 3.38. The van der Waals surface area contributed by atoms with Crippen molar-refractivity contribution in [3.63, 3.8) is 0 Å². The maximum atomic E-state index is 12.4. The van der Waals surface area contributed by atoms with E-state index in [2.05, 4.69) is 25.5 Å². The summed E-state index contributed by atoms with van der Waals surface area (Å²) in [6.07, 6.45) is 0. The molecule has 0 radical (unpaired) electrons. The molecule has 1 aromatic heterocycles. The number of carbonyl (C=O) groups is 1. The first-order valence-electron chi connectivity index (χ1n) is 10.7. The largest absolute Gasteiger partial charge is 0.508 e. The van der Waals surface area contributed by atoms with Gasteiger partial charge in [0.05, 0.1) is 26.4 Å². The minimum absolute atomic E-state index is 0.126. The van der Waals surface area contributed by atoms with Gasteiger partial charge in [-0.15, -0.1) is 0 Å². The number of ether oxygens (including phenoxy) is 3. The fraction of sp³-hybridized carbons (Fsp3) is 0.476. The van der Waals surface area contributed by atoms with Crippen molar-refractivity contribution in [3.05, 3.63) is 30.3 Å². The minimum Gasteiger partial charge on any atom is -0.508 e. The van der Waals surface area contributed by atoms with E-state index in [1.807, 2.05) is 4.90 Å². The Morgan fingerprint density at radius 2 is 1.69 bits per heavy atom. The molecular weight excluding hydrogens is 416 g/mol. The maximum Gasteiger partial charge on any atom is 0.324 e. The molecule has 0 spiro atoms. The molecule has 11 heteroatoms. The lowest BCUT2D eigenvalue weighted by Gasteiger charge is -2.28. The molecule has 172 valence electrons. The Morgan fingerprint density at radius 1 is 1.00 bits per heavy atom. The Bertz CT molecular complexity index is 885. The molecule has 0 bridgehead atoms. The number of carbonyl (C=O) groups excluding carboxylic acids is 1. The first-order chi connectivity index (χ1) is 15.7. The summed E-state index contributed by atoms with van der Waals surface area (Å²) < 4.78 is 16.7. The highest BCUT2D eigenvalue weighted by Crippen LogP contribution is 2.21. The number of nitrogens with zero attached hydrogens (tertiary/aromatic N) is 4. The first-order valence-corrected chi connectivity index (χ1v) is 10.7. The van der Waals surface area contributed by atoms with Crippen molar-refractivity contribution < 1.29 is 24.1 Å². The number of urea groups is 1. The molecular formula is C21H28N6O5. The number of benzene rings is 1. The van der Waals surface area contributed by atoms with Gasteiger partial charge in [-0.3, -0.25) is 10.2 Å². The summed E-state index contributed by atoms with van der Waals surface area (Å²) in [5, 5.41) is 14.8. The van der Waals surface area contributed by atoms with E-state index in [-0.39, 0.29) is 5.75 Å². The lowest BCUT2D eigenvalue weighted by Crippen LogP contribution is -2.39. The van der Waals surface area contributed by atoms with Crippen LogP contribution in [-0.4, -0.2) is 91.8 Å². The van der Waals surface area contributed by atoms with E-state index in [1.165, 1.54) is 12.1 Å². The summed E-state index contributed by atoms with van der Waals surface area (Å²) in [7, 11) is 0. The third kappa shape index (κ3) is 6.42. The molecule has 11 nitrogen and oxygen atoms in total. The summed E-state index contributed by atoms with van der Waals surface area (Å²) in [6.45, 7) is 6.99. The molecule has 2 aliphatic heterocycles. The van der Waals surface area contributed by atoms with Gasteiger partial charge in [0.25, 0.3) is 0 Å². The van der Waals surface area contributed by atoms with Crippen LogP contribution in [0.2, 0.25) is 0 Å². The van der Waals surface area contributed by atoms with Gasteiger partial charge in [0.2, 0.25) is 11.8 Å². The molecule has 3 heterocycles. The average molecular weight is 444 g/mol. The fourth-order valence-electron chi connectivity index (χ4n) is 3.38. The number of phenolic OH excluding ortho intramolecular Hbond substituents is 1. The van der Waals surface area contributed by atoms with E-state index >= 15 is 0 Å². The number of hydrogen-bond acceptors (Lipinski definition) is 9. The zero-order chi connectivity index (χ0) is 22.2. The van der Waals surface area contributed by atoms with Crippen LogP contribution in [-0.2, 0) is 9.47 Å². The third-order valence-electron chi connectivity index (χ3n) is 5.11. The number of hydrogen-bond donors (Lipinski definition) is 3. The number of rotatable bonds is 7. The predicted octanol–water partition coefficient (Wildman–Crippen LogP) is 1.37. The van der Waals surface area contributed by atoms with E-state index < -0.39 is 6.03 Å². The second kappa shape index (κ2) is 10.9. The van der Waals surface area contributed by atoms with Crippen molar-refractivity contribution in [1.29, 1.82) is 0 Å². The number of morpholine rings is 2. The Labute approximate surface area is 186 Å². The highest BCUT2D eigenvalue weighted by Gasteiger charge is 2.18. The monoisotopic (exact) mass is 444 g/mol. The van der Waals surface area contributed by atoms with Crippen molar-refractivity contribution in [2.75, 3.05) is 81.3 Å². The van der Waals surface area contributed by atoms with Crippen LogP contribution in [0.5, 0.6) is 11.6 Å². The van der Waals surface area contributed by atoms with Gasteiger partial charge in [0, 0.05) is 44.5 Å². The first kappa shape index (κ1) is 22.1. The molecule has 2 aromatic rings. The van der Waals surface area contributed by atoms with E-state index in [9.17, 15) is 9.90 Å². The topological polar surface area (TPSA) is 121 Å². The van der Waals surface area contributed by atoms with Gasteiger partial charge < -0.3 is 29.5 Å². The number of aromatic nitrogens is 2. The van der Waals surface area contributed by atoms with Gasteiger partial charge in [-0.2, -0.15) is 9.97 Å². The van der Waals surface area contributed by atoms with Crippen molar-refractivity contribution in [1.82, 2.24) is 14.9 Å². The Morgan fingerprint density at radius 3 is 2.41 bits per heavy atom. The standard InChI is InChI=1S/C21H28N6O5/c28-17-3-1-16(2-4-17)22-21(29)24-18-15-19(32-14-7-26-5-10-30-11-6-26)25-20(23-18)27-8-12-31-13-9-27/h1-4,15,28H,5-14H2,(H2,22,23,24,25,29). The minimum atomic E-state index is -0.457. The lowest BCUT2D eigenvalue weighted by molar-refractivity contribution is 0.0320. The van der Waals surface area contributed by atoms with Crippen LogP contribution in [0.1, 0.15) is 0 Å². The molecule has 2 saturated heterocycles. The van der Waals surface area contributed by atoms with Crippen LogP contribution in [0, 0.1) is 0 Å². The molecule has 2 amide bonds. The van der Waals surface area contributed by atoms with Crippen LogP contribution in [0.3, 0.4) is 0 Å². The van der Waals surface area contributed by atoms with Gasteiger partial charge in [-0.05, 0) is 24.3 Å². The summed E-state index contributed by atoms with van der Waals surface area (Å²) in [4.78, 5) is 25.8. The molecule has 2 aliphatic rings. The van der Waals surface area contributed by atoms with Gasteiger partial charge in [-0.25, -0.2) is 4.79 Å². The molecule has 4 rings (SSSR count). The van der Waals surface area contributed by atoms with Gasteiger partial charge in [-0.1, -0.05) is 0 Å². The number of nitrogens with one attached hydrogen (secondary N) is 2. The van der Waals surface area contributed by atoms with Gasteiger partial charge in [0.15, 0.2) is 0 Å². The molecule has 2 fully saturated rings. The third-order valence-corrected chi connectivity index (χ3v) is 5.11.